The van der Waals surface area contributed by atoms with Gasteiger partial charge in [-0.05, 0) is 17.7 Å². The summed E-state index contributed by atoms with van der Waals surface area (Å²) >= 11 is 0. The molecule has 1 aliphatic rings. The number of nitrogens with one attached hydrogen (secondary N) is 1. The molecule has 1 amide bonds. The van der Waals surface area contributed by atoms with E-state index in [0.717, 1.165) is 5.56 Å². The van der Waals surface area contributed by atoms with Crippen LogP contribution in [-0.4, -0.2) is 58.4 Å². The Labute approximate surface area is 176 Å². The number of carbonyl (C=O) groups excluding carboxylic acids is 1. The zero-order valence-corrected chi connectivity index (χ0v) is 16.3. The van der Waals surface area contributed by atoms with Crippen molar-refractivity contribution in [2.75, 3.05) is 18.1 Å². The van der Waals surface area contributed by atoms with Crippen LogP contribution in [0.4, 0.5) is 10.5 Å². The van der Waals surface area contributed by atoms with Gasteiger partial charge < -0.3 is 36.1 Å². The molecule has 2 heterocycles. The first-order valence-corrected chi connectivity index (χ1v) is 9.15. The van der Waals surface area contributed by atoms with Crippen molar-refractivity contribution in [3.63, 3.8) is 0 Å². The molecule has 2 aromatic rings. The van der Waals surface area contributed by atoms with Gasteiger partial charge in [0.1, 0.15) is 12.2 Å². The van der Waals surface area contributed by atoms with Crippen molar-refractivity contribution >= 4 is 29.7 Å². The smallest absolute Gasteiger partial charge is 0.414 e. The highest BCUT2D eigenvalue weighted by Crippen LogP contribution is 2.26. The van der Waals surface area contributed by atoms with Crippen molar-refractivity contribution in [2.45, 2.75) is 19.1 Å². The Morgan fingerprint density at radius 3 is 2.58 bits per heavy atom. The molecule has 1 saturated heterocycles. The number of H-pyrrole nitrogens is 1. The standard InChI is InChI=1S/C19H21N5O7/c20-18(21)23-6-10-1-3-11(4-2-10)24-8-12(31-19(24)29)9-30-14-7-22-13(5-15(25)26)16(14)17(27)28/h1-4,7,12,22H,5-6,8-9H2,(H,25,26)(H,27,28)(H4,20,21,23). The Morgan fingerprint density at radius 2 is 1.97 bits per heavy atom. The second-order valence-corrected chi connectivity index (χ2v) is 6.72. The van der Waals surface area contributed by atoms with Crippen LogP contribution in [0.15, 0.2) is 35.5 Å². The highest BCUT2D eigenvalue weighted by Gasteiger charge is 2.33. The molecule has 12 nitrogen and oxygen atoms in total. The fraction of sp³-hybridized carbons (Fsp3) is 0.263. The summed E-state index contributed by atoms with van der Waals surface area (Å²) in [4.78, 5) is 42.5. The van der Waals surface area contributed by atoms with Gasteiger partial charge in [-0.1, -0.05) is 12.1 Å². The van der Waals surface area contributed by atoms with Crippen LogP contribution in [-0.2, 0) is 22.5 Å². The first-order valence-electron chi connectivity index (χ1n) is 9.15. The fourth-order valence-electron chi connectivity index (χ4n) is 3.05. The SMILES string of the molecule is NC(N)=NCc1ccc(N2CC(COc3c[nH]c(CC(=O)O)c3C(=O)O)OC2=O)cc1. The fourth-order valence-corrected chi connectivity index (χ4v) is 3.05. The number of nitrogens with two attached hydrogens (primary N) is 2. The number of aromatic nitrogens is 1. The summed E-state index contributed by atoms with van der Waals surface area (Å²) in [5.74, 6) is -2.54. The summed E-state index contributed by atoms with van der Waals surface area (Å²) in [7, 11) is 0. The van der Waals surface area contributed by atoms with Crippen molar-refractivity contribution in [3.8, 4) is 5.75 Å². The number of amides is 1. The van der Waals surface area contributed by atoms with Gasteiger partial charge >= 0.3 is 18.0 Å². The first kappa shape index (κ1) is 21.5. The van der Waals surface area contributed by atoms with Crippen LogP contribution < -0.4 is 21.1 Å². The molecule has 1 fully saturated rings. The van der Waals surface area contributed by atoms with Gasteiger partial charge in [0, 0.05) is 17.6 Å². The lowest BCUT2D eigenvalue weighted by atomic mass is 10.2. The third kappa shape index (κ3) is 5.23. The predicted molar refractivity (Wildman–Crippen MR) is 108 cm³/mol. The number of anilines is 1. The summed E-state index contributed by atoms with van der Waals surface area (Å²) in [6.07, 6.45) is -0.431. The van der Waals surface area contributed by atoms with E-state index in [2.05, 4.69) is 9.98 Å². The summed E-state index contributed by atoms with van der Waals surface area (Å²) in [6, 6.07) is 7.02. The van der Waals surface area contributed by atoms with Crippen molar-refractivity contribution in [2.24, 2.45) is 16.5 Å². The number of aliphatic imine (C=N–C) groups is 1. The molecule has 1 unspecified atom stereocenters. The number of aromatic carboxylic acids is 1. The zero-order chi connectivity index (χ0) is 22.5. The van der Waals surface area contributed by atoms with E-state index in [4.69, 9.17) is 26.0 Å². The van der Waals surface area contributed by atoms with Gasteiger partial charge in [-0.15, -0.1) is 0 Å². The molecule has 0 spiro atoms. The number of nitrogens with zero attached hydrogens (tertiary/aromatic N) is 2. The summed E-state index contributed by atoms with van der Waals surface area (Å²) in [6.45, 7) is 0.409. The molecule has 1 aromatic heterocycles. The van der Waals surface area contributed by atoms with Crippen LogP contribution in [0, 0.1) is 0 Å². The number of carbonyl (C=O) groups is 3. The maximum atomic E-state index is 12.2. The third-order valence-corrected chi connectivity index (χ3v) is 4.46. The average Bonchev–Trinajstić information content (AvgIpc) is 3.27. The number of cyclic esters (lactones) is 1. The van der Waals surface area contributed by atoms with Gasteiger partial charge in [-0.2, -0.15) is 0 Å². The molecule has 12 heteroatoms. The van der Waals surface area contributed by atoms with Crippen molar-refractivity contribution < 1.29 is 34.1 Å². The van der Waals surface area contributed by atoms with Crippen molar-refractivity contribution in [1.29, 1.82) is 0 Å². The lowest BCUT2D eigenvalue weighted by molar-refractivity contribution is -0.136. The van der Waals surface area contributed by atoms with Crippen LogP contribution in [0.5, 0.6) is 5.75 Å². The Morgan fingerprint density at radius 1 is 1.26 bits per heavy atom. The normalized spacial score (nSPS) is 15.4. The molecule has 0 aliphatic carbocycles. The minimum atomic E-state index is -1.32. The summed E-state index contributed by atoms with van der Waals surface area (Å²) in [5.41, 5.74) is 11.8. The second kappa shape index (κ2) is 9.07. The number of ether oxygens (including phenoxy) is 2. The molecule has 1 atom stereocenters. The topological polar surface area (TPSA) is 194 Å². The number of rotatable bonds is 9. The molecule has 0 radical (unpaired) electrons. The monoisotopic (exact) mass is 431 g/mol. The van der Waals surface area contributed by atoms with Gasteiger partial charge in [-0.25, -0.2) is 14.6 Å². The number of carboxylic acids is 2. The van der Waals surface area contributed by atoms with Crippen LogP contribution in [0.3, 0.4) is 0 Å². The van der Waals surface area contributed by atoms with Crippen LogP contribution >= 0.6 is 0 Å². The minimum Gasteiger partial charge on any atom is -0.487 e. The van der Waals surface area contributed by atoms with E-state index in [0.29, 0.717) is 12.2 Å². The van der Waals surface area contributed by atoms with E-state index in [-0.39, 0.29) is 36.1 Å². The molecule has 1 aromatic carbocycles. The van der Waals surface area contributed by atoms with Crippen LogP contribution in [0.1, 0.15) is 21.6 Å². The lowest BCUT2D eigenvalue weighted by Crippen LogP contribution is -2.26. The number of carboxylic acid groups (broad SMARTS) is 2. The number of hydrogen-bond acceptors (Lipinski definition) is 6. The highest BCUT2D eigenvalue weighted by molar-refractivity contribution is 5.93. The van der Waals surface area contributed by atoms with Gasteiger partial charge in [0.25, 0.3) is 0 Å². The Hall–Kier alpha value is -4.22. The molecule has 1 aliphatic heterocycles. The molecule has 0 saturated carbocycles. The van der Waals surface area contributed by atoms with E-state index >= 15 is 0 Å². The highest BCUT2D eigenvalue weighted by atomic mass is 16.6. The van der Waals surface area contributed by atoms with Crippen molar-refractivity contribution in [1.82, 2.24) is 4.98 Å². The Bertz CT molecular complexity index is 1010. The molecule has 7 N–H and O–H groups in total. The van der Waals surface area contributed by atoms with Gasteiger partial charge in [0.05, 0.1) is 19.5 Å². The average molecular weight is 431 g/mol. The lowest BCUT2D eigenvalue weighted by Gasteiger charge is -2.13. The molecule has 164 valence electrons. The Balaban J connectivity index is 1.62. The second-order valence-electron chi connectivity index (χ2n) is 6.72. The van der Waals surface area contributed by atoms with Gasteiger partial charge in [0.2, 0.25) is 0 Å². The maximum absolute atomic E-state index is 12.2. The summed E-state index contributed by atoms with van der Waals surface area (Å²) < 4.78 is 10.8. The van der Waals surface area contributed by atoms with Gasteiger partial charge in [0.15, 0.2) is 17.8 Å². The minimum absolute atomic E-state index is 0.0147. The van der Waals surface area contributed by atoms with E-state index in [1.165, 1.54) is 11.1 Å². The van der Waals surface area contributed by atoms with Crippen LogP contribution in [0.2, 0.25) is 0 Å². The largest absolute Gasteiger partial charge is 0.487 e. The number of aliphatic carboxylic acids is 1. The van der Waals surface area contributed by atoms with E-state index < -0.39 is 30.6 Å². The van der Waals surface area contributed by atoms with E-state index in [1.807, 2.05) is 0 Å². The van der Waals surface area contributed by atoms with E-state index in [1.54, 1.807) is 24.3 Å². The zero-order valence-electron chi connectivity index (χ0n) is 16.3. The van der Waals surface area contributed by atoms with Gasteiger partial charge in [-0.3, -0.25) is 9.69 Å². The maximum Gasteiger partial charge on any atom is 0.414 e. The Kier molecular flexibility index (Phi) is 6.29. The molecular weight excluding hydrogens is 410 g/mol. The number of benzene rings is 1. The molecular formula is C19H21N5O7. The van der Waals surface area contributed by atoms with E-state index in [9.17, 15) is 19.5 Å². The first-order chi connectivity index (χ1) is 14.7. The molecule has 3 rings (SSSR count). The molecule has 31 heavy (non-hydrogen) atoms. The van der Waals surface area contributed by atoms with Crippen LogP contribution in [0.25, 0.3) is 0 Å². The molecule has 0 bridgehead atoms. The number of aromatic amines is 1. The quantitative estimate of drug-likeness (QED) is 0.278. The van der Waals surface area contributed by atoms with Crippen molar-refractivity contribution in [3.05, 3.63) is 47.3 Å². The summed E-state index contributed by atoms with van der Waals surface area (Å²) in [5, 5.41) is 18.2. The number of guanidine groups is 1. The number of hydrogen-bond donors (Lipinski definition) is 5. The third-order valence-electron chi connectivity index (χ3n) is 4.46. The predicted octanol–water partition coefficient (Wildman–Crippen LogP) is 0.518.